The first-order valence-electron chi connectivity index (χ1n) is 11.1. The van der Waals surface area contributed by atoms with Crippen molar-refractivity contribution in [3.63, 3.8) is 0 Å². The molecular formula is C25H27N3O6S. The van der Waals surface area contributed by atoms with Gasteiger partial charge in [0, 0.05) is 29.7 Å². The molecule has 0 atom stereocenters. The van der Waals surface area contributed by atoms with Crippen molar-refractivity contribution in [1.29, 1.82) is 0 Å². The zero-order valence-electron chi connectivity index (χ0n) is 19.5. The minimum Gasteiger partial charge on any atom is -0.454 e. The van der Waals surface area contributed by atoms with E-state index in [1.165, 1.54) is 28.6 Å². The van der Waals surface area contributed by atoms with Crippen molar-refractivity contribution in [2.45, 2.75) is 18.7 Å². The zero-order valence-corrected chi connectivity index (χ0v) is 20.3. The highest BCUT2D eigenvalue weighted by atomic mass is 32.2. The first-order chi connectivity index (χ1) is 16.8. The van der Waals surface area contributed by atoms with Crippen LogP contribution in [-0.4, -0.2) is 56.7 Å². The molecule has 10 heteroatoms. The Kier molecular flexibility index (Phi) is 8.56. The number of benzene rings is 3. The summed E-state index contributed by atoms with van der Waals surface area (Å²) < 4.78 is 31.3. The van der Waals surface area contributed by atoms with Crippen molar-refractivity contribution in [1.82, 2.24) is 9.62 Å². The molecular weight excluding hydrogens is 470 g/mol. The van der Waals surface area contributed by atoms with E-state index in [4.69, 9.17) is 4.74 Å². The Balaban J connectivity index is 1.49. The van der Waals surface area contributed by atoms with Crippen LogP contribution in [-0.2, 0) is 24.3 Å². The van der Waals surface area contributed by atoms with Crippen LogP contribution >= 0.6 is 0 Å². The number of rotatable bonds is 10. The number of carbonyl (C=O) groups is 3. The molecule has 0 fully saturated rings. The molecule has 0 spiro atoms. The summed E-state index contributed by atoms with van der Waals surface area (Å²) in [4.78, 5) is 36.5. The van der Waals surface area contributed by atoms with Gasteiger partial charge in [0.2, 0.25) is 10.0 Å². The van der Waals surface area contributed by atoms with Gasteiger partial charge in [0.1, 0.15) is 6.54 Å². The van der Waals surface area contributed by atoms with E-state index in [1.54, 1.807) is 19.9 Å². The van der Waals surface area contributed by atoms with Crippen molar-refractivity contribution < 1.29 is 27.5 Å². The largest absolute Gasteiger partial charge is 0.454 e. The number of amides is 2. The Morgan fingerprint density at radius 2 is 1.54 bits per heavy atom. The second kappa shape index (κ2) is 11.6. The molecule has 184 valence electrons. The number of fused-ring (bicyclic) bond motifs is 1. The molecule has 3 aromatic rings. The van der Waals surface area contributed by atoms with Gasteiger partial charge in [-0.15, -0.1) is 0 Å². The highest BCUT2D eigenvalue weighted by molar-refractivity contribution is 7.89. The molecule has 0 saturated carbocycles. The molecule has 0 aliphatic rings. The highest BCUT2D eigenvalue weighted by Gasteiger charge is 2.21. The summed E-state index contributed by atoms with van der Waals surface area (Å²) in [5.41, 5.74) is 0.786. The Morgan fingerprint density at radius 3 is 2.23 bits per heavy atom. The van der Waals surface area contributed by atoms with Gasteiger partial charge in [-0.25, -0.2) is 8.42 Å². The summed E-state index contributed by atoms with van der Waals surface area (Å²) in [5, 5.41) is 6.92. The van der Waals surface area contributed by atoms with Crippen LogP contribution in [0.1, 0.15) is 24.2 Å². The minimum absolute atomic E-state index is 0.0781. The van der Waals surface area contributed by atoms with Crippen LogP contribution in [0.25, 0.3) is 10.8 Å². The molecule has 2 amide bonds. The number of nitrogens with one attached hydrogen (secondary N) is 2. The first kappa shape index (κ1) is 25.9. The maximum absolute atomic E-state index is 12.5. The van der Waals surface area contributed by atoms with Gasteiger partial charge in [0.15, 0.2) is 6.61 Å². The van der Waals surface area contributed by atoms with E-state index >= 15 is 0 Å². The lowest BCUT2D eigenvalue weighted by Gasteiger charge is -2.18. The molecule has 0 bridgehead atoms. The van der Waals surface area contributed by atoms with E-state index in [0.29, 0.717) is 18.8 Å². The van der Waals surface area contributed by atoms with E-state index < -0.39 is 41.0 Å². The maximum atomic E-state index is 12.5. The van der Waals surface area contributed by atoms with E-state index in [0.717, 1.165) is 10.8 Å². The molecule has 0 saturated heterocycles. The predicted octanol–water partition coefficient (Wildman–Crippen LogP) is 2.78. The summed E-state index contributed by atoms with van der Waals surface area (Å²) in [6.45, 7) is 3.21. The molecule has 0 unspecified atom stereocenters. The molecule has 3 aromatic carbocycles. The van der Waals surface area contributed by atoms with Gasteiger partial charge in [0.05, 0.1) is 4.90 Å². The van der Waals surface area contributed by atoms with E-state index in [9.17, 15) is 22.8 Å². The average molecular weight is 498 g/mol. The number of anilines is 1. The third kappa shape index (κ3) is 6.43. The topological polar surface area (TPSA) is 122 Å². The average Bonchev–Trinajstić information content (AvgIpc) is 2.87. The summed E-state index contributed by atoms with van der Waals surface area (Å²) in [7, 11) is -3.63. The van der Waals surface area contributed by atoms with Crippen LogP contribution in [0.5, 0.6) is 0 Å². The molecule has 9 nitrogen and oxygen atoms in total. The second-order valence-electron chi connectivity index (χ2n) is 7.53. The predicted molar refractivity (Wildman–Crippen MR) is 132 cm³/mol. The number of carbonyl (C=O) groups excluding carboxylic acids is 3. The van der Waals surface area contributed by atoms with Crippen molar-refractivity contribution in [2.75, 3.05) is 31.6 Å². The quantitative estimate of drug-likeness (QED) is 0.416. The standard InChI is InChI=1S/C25H27N3O6S/c1-3-28(4-2)35(32,33)20-14-12-19(13-15-20)25(31)26-16-24(30)34-17-23(29)27-22-11-7-9-18-8-5-6-10-21(18)22/h5-15H,3-4,16-17H2,1-2H3,(H,26,31)(H,27,29). The van der Waals surface area contributed by atoms with Crippen molar-refractivity contribution in [3.05, 3.63) is 72.3 Å². The van der Waals surface area contributed by atoms with Crippen LogP contribution in [0.4, 0.5) is 5.69 Å². The summed E-state index contributed by atoms with van der Waals surface area (Å²) in [6.07, 6.45) is 0. The van der Waals surface area contributed by atoms with Crippen LogP contribution in [0.3, 0.4) is 0 Å². The van der Waals surface area contributed by atoms with Crippen molar-refractivity contribution in [2.24, 2.45) is 0 Å². The summed E-state index contributed by atoms with van der Waals surface area (Å²) in [6, 6.07) is 18.5. The van der Waals surface area contributed by atoms with Crippen LogP contribution in [0.15, 0.2) is 71.6 Å². The summed E-state index contributed by atoms with van der Waals surface area (Å²) in [5.74, 6) is -1.87. The highest BCUT2D eigenvalue weighted by Crippen LogP contribution is 2.22. The Labute approximate surface area is 204 Å². The van der Waals surface area contributed by atoms with Crippen LogP contribution in [0.2, 0.25) is 0 Å². The molecule has 0 aliphatic carbocycles. The Hall–Kier alpha value is -3.76. The SMILES string of the molecule is CCN(CC)S(=O)(=O)c1ccc(C(=O)NCC(=O)OCC(=O)Nc2cccc3ccccc23)cc1. The van der Waals surface area contributed by atoms with Crippen molar-refractivity contribution >= 4 is 44.3 Å². The smallest absolute Gasteiger partial charge is 0.325 e. The van der Waals surface area contributed by atoms with E-state index in [2.05, 4.69) is 10.6 Å². The maximum Gasteiger partial charge on any atom is 0.325 e. The van der Waals surface area contributed by atoms with Gasteiger partial charge < -0.3 is 15.4 Å². The fraction of sp³-hybridized carbons (Fsp3) is 0.240. The number of nitrogens with zero attached hydrogens (tertiary/aromatic N) is 1. The molecule has 0 aliphatic heterocycles. The number of hydrogen-bond acceptors (Lipinski definition) is 6. The fourth-order valence-corrected chi connectivity index (χ4v) is 4.92. The van der Waals surface area contributed by atoms with E-state index in [-0.39, 0.29) is 10.5 Å². The van der Waals surface area contributed by atoms with Gasteiger partial charge in [-0.2, -0.15) is 4.31 Å². The Bertz CT molecular complexity index is 1310. The molecule has 0 aromatic heterocycles. The van der Waals surface area contributed by atoms with Gasteiger partial charge in [-0.05, 0) is 35.7 Å². The number of ether oxygens (including phenoxy) is 1. The van der Waals surface area contributed by atoms with Gasteiger partial charge in [-0.3, -0.25) is 14.4 Å². The third-order valence-electron chi connectivity index (χ3n) is 5.28. The first-order valence-corrected chi connectivity index (χ1v) is 12.5. The minimum atomic E-state index is -3.63. The normalized spacial score (nSPS) is 11.3. The number of sulfonamides is 1. The fourth-order valence-electron chi connectivity index (χ4n) is 3.46. The van der Waals surface area contributed by atoms with Gasteiger partial charge >= 0.3 is 5.97 Å². The molecule has 2 N–H and O–H groups in total. The molecule has 0 radical (unpaired) electrons. The van der Waals surface area contributed by atoms with Crippen LogP contribution < -0.4 is 10.6 Å². The zero-order chi connectivity index (χ0) is 25.4. The van der Waals surface area contributed by atoms with Gasteiger partial charge in [0.25, 0.3) is 11.8 Å². The number of hydrogen-bond donors (Lipinski definition) is 2. The van der Waals surface area contributed by atoms with Crippen LogP contribution in [0, 0.1) is 0 Å². The number of esters is 1. The lowest BCUT2D eigenvalue weighted by atomic mass is 10.1. The third-order valence-corrected chi connectivity index (χ3v) is 7.35. The lowest BCUT2D eigenvalue weighted by molar-refractivity contribution is -0.146. The second-order valence-corrected chi connectivity index (χ2v) is 9.47. The lowest BCUT2D eigenvalue weighted by Crippen LogP contribution is -2.32. The molecule has 3 rings (SSSR count). The van der Waals surface area contributed by atoms with Crippen molar-refractivity contribution in [3.8, 4) is 0 Å². The molecule has 35 heavy (non-hydrogen) atoms. The van der Waals surface area contributed by atoms with Gasteiger partial charge in [-0.1, -0.05) is 50.2 Å². The molecule has 0 heterocycles. The monoisotopic (exact) mass is 497 g/mol. The van der Waals surface area contributed by atoms with E-state index in [1.807, 2.05) is 36.4 Å². The Morgan fingerprint density at radius 1 is 0.886 bits per heavy atom. The summed E-state index contributed by atoms with van der Waals surface area (Å²) >= 11 is 0.